The van der Waals surface area contributed by atoms with E-state index in [-0.39, 0.29) is 34.8 Å². The minimum atomic E-state index is -0.880. The fourth-order valence-corrected chi connectivity index (χ4v) is 4.02. The van der Waals surface area contributed by atoms with Crippen molar-refractivity contribution in [3.8, 4) is 0 Å². The van der Waals surface area contributed by atoms with Crippen LogP contribution in [0.2, 0.25) is 0 Å². The number of non-ortho nitro benzene ring substituents is 1. The third-order valence-corrected chi connectivity index (χ3v) is 5.70. The van der Waals surface area contributed by atoms with Gasteiger partial charge in [0.1, 0.15) is 12.1 Å². The molecule has 166 valence electrons. The van der Waals surface area contributed by atoms with Gasteiger partial charge in [-0.25, -0.2) is 0 Å². The molecule has 2 aliphatic rings. The van der Waals surface area contributed by atoms with Crippen molar-refractivity contribution in [2.45, 2.75) is 50.7 Å². The van der Waals surface area contributed by atoms with Crippen LogP contribution in [0.15, 0.2) is 24.3 Å². The predicted octanol–water partition coefficient (Wildman–Crippen LogP) is 1.68. The van der Waals surface area contributed by atoms with Gasteiger partial charge in [0, 0.05) is 30.8 Å². The number of rotatable bonds is 5. The van der Waals surface area contributed by atoms with Crippen LogP contribution in [0.5, 0.6) is 0 Å². The summed E-state index contributed by atoms with van der Waals surface area (Å²) in [6, 6.07) is 4.19. The molecule has 10 nitrogen and oxygen atoms in total. The molecule has 1 aliphatic heterocycles. The van der Waals surface area contributed by atoms with Gasteiger partial charge in [-0.05, 0) is 50.0 Å². The van der Waals surface area contributed by atoms with Gasteiger partial charge in [0.15, 0.2) is 5.11 Å². The summed E-state index contributed by atoms with van der Waals surface area (Å²) in [5.74, 6) is -1.39. The summed E-state index contributed by atoms with van der Waals surface area (Å²) in [6.07, 6.45) is 4.55. The number of carbonyl (C=O) groups excluding carboxylic acids is 3. The lowest BCUT2D eigenvalue weighted by Gasteiger charge is -2.36. The molecule has 1 aliphatic carbocycles. The van der Waals surface area contributed by atoms with Crippen molar-refractivity contribution in [1.82, 2.24) is 15.5 Å². The molecule has 0 spiro atoms. The van der Waals surface area contributed by atoms with Gasteiger partial charge in [-0.1, -0.05) is 6.42 Å². The number of piperazine rings is 1. The van der Waals surface area contributed by atoms with Crippen molar-refractivity contribution in [2.75, 3.05) is 13.1 Å². The van der Waals surface area contributed by atoms with E-state index < -0.39 is 22.8 Å². The second-order valence-electron chi connectivity index (χ2n) is 7.52. The zero-order chi connectivity index (χ0) is 22.4. The molecule has 0 bridgehead atoms. The Labute approximate surface area is 184 Å². The van der Waals surface area contributed by atoms with Crippen LogP contribution in [0.1, 0.15) is 48.9 Å². The largest absolute Gasteiger partial charge is 0.462 e. The Morgan fingerprint density at radius 1 is 1.23 bits per heavy atom. The predicted molar refractivity (Wildman–Crippen MR) is 114 cm³/mol. The SMILES string of the molecule is O=C(CC1C(=O)NCCN1C(=S)NC(=O)c1ccc([N+](=O)[O-])cc1)OC1CCCCC1. The maximum atomic E-state index is 12.5. The lowest BCUT2D eigenvalue weighted by atomic mass is 9.98. The van der Waals surface area contributed by atoms with Crippen LogP contribution in [0.4, 0.5) is 5.69 Å². The van der Waals surface area contributed by atoms with E-state index in [4.69, 9.17) is 17.0 Å². The molecular weight excluding hydrogens is 424 g/mol. The molecule has 1 unspecified atom stereocenters. The van der Waals surface area contributed by atoms with Gasteiger partial charge in [-0.15, -0.1) is 0 Å². The minimum Gasteiger partial charge on any atom is -0.462 e. The Morgan fingerprint density at radius 3 is 2.55 bits per heavy atom. The van der Waals surface area contributed by atoms with Crippen molar-refractivity contribution < 1.29 is 24.0 Å². The zero-order valence-corrected chi connectivity index (χ0v) is 17.7. The highest BCUT2D eigenvalue weighted by Gasteiger charge is 2.35. The summed E-state index contributed by atoms with van der Waals surface area (Å²) in [6.45, 7) is 0.646. The first-order valence-electron chi connectivity index (χ1n) is 10.2. The molecule has 11 heteroatoms. The number of carbonyl (C=O) groups is 3. The molecule has 3 rings (SSSR count). The van der Waals surface area contributed by atoms with E-state index in [2.05, 4.69) is 10.6 Å². The Bertz CT molecular complexity index is 869. The van der Waals surface area contributed by atoms with E-state index in [1.807, 2.05) is 0 Å². The number of nitro benzene ring substituents is 1. The molecule has 0 aromatic heterocycles. The summed E-state index contributed by atoms with van der Waals surface area (Å²) in [5, 5.41) is 16.0. The lowest BCUT2D eigenvalue weighted by molar-refractivity contribution is -0.384. The van der Waals surface area contributed by atoms with Gasteiger partial charge in [-0.2, -0.15) is 0 Å². The molecule has 0 radical (unpaired) electrons. The molecule has 1 atom stereocenters. The third-order valence-electron chi connectivity index (χ3n) is 5.36. The standard InChI is InChI=1S/C20H24N4O6S/c25-17(30-15-4-2-1-3-5-15)12-16-19(27)21-10-11-23(16)20(31)22-18(26)13-6-8-14(9-7-13)24(28)29/h6-9,15-16H,1-5,10-12H2,(H,21,27)(H,22,26,31). The number of amides is 2. The number of esters is 1. The van der Waals surface area contributed by atoms with Gasteiger partial charge in [0.2, 0.25) is 5.91 Å². The average Bonchev–Trinajstić information content (AvgIpc) is 2.75. The van der Waals surface area contributed by atoms with Crippen molar-refractivity contribution in [3.05, 3.63) is 39.9 Å². The van der Waals surface area contributed by atoms with Gasteiger partial charge in [0.05, 0.1) is 11.3 Å². The summed E-state index contributed by atoms with van der Waals surface area (Å²) in [5.41, 5.74) is 0.0473. The molecule has 1 saturated carbocycles. The summed E-state index contributed by atoms with van der Waals surface area (Å²) >= 11 is 5.32. The zero-order valence-electron chi connectivity index (χ0n) is 16.9. The second-order valence-corrected chi connectivity index (χ2v) is 7.90. The smallest absolute Gasteiger partial charge is 0.308 e. The maximum Gasteiger partial charge on any atom is 0.308 e. The van der Waals surface area contributed by atoms with Crippen LogP contribution in [0.3, 0.4) is 0 Å². The van der Waals surface area contributed by atoms with E-state index in [0.717, 1.165) is 32.1 Å². The normalized spacial score (nSPS) is 19.3. The van der Waals surface area contributed by atoms with Crippen molar-refractivity contribution in [3.63, 3.8) is 0 Å². The Hall–Kier alpha value is -3.08. The van der Waals surface area contributed by atoms with Crippen LogP contribution in [-0.2, 0) is 14.3 Å². The van der Waals surface area contributed by atoms with E-state index >= 15 is 0 Å². The number of thiocarbonyl (C=S) groups is 1. The molecule has 31 heavy (non-hydrogen) atoms. The fraction of sp³-hybridized carbons (Fsp3) is 0.500. The Balaban J connectivity index is 1.61. The topological polar surface area (TPSA) is 131 Å². The summed E-state index contributed by atoms with van der Waals surface area (Å²) in [7, 11) is 0. The molecule has 1 heterocycles. The van der Waals surface area contributed by atoms with Crippen molar-refractivity contribution >= 4 is 40.8 Å². The molecule has 2 amide bonds. The van der Waals surface area contributed by atoms with E-state index in [9.17, 15) is 24.5 Å². The number of ether oxygens (including phenoxy) is 1. The number of nitro groups is 1. The number of hydrogen-bond donors (Lipinski definition) is 2. The first-order chi connectivity index (χ1) is 14.8. The second kappa shape index (κ2) is 10.3. The van der Waals surface area contributed by atoms with Gasteiger partial charge >= 0.3 is 5.97 Å². The molecule has 1 saturated heterocycles. The third kappa shape index (κ3) is 5.97. The monoisotopic (exact) mass is 448 g/mol. The first kappa shape index (κ1) is 22.6. The van der Waals surface area contributed by atoms with E-state index in [1.54, 1.807) is 0 Å². The highest BCUT2D eigenvalue weighted by molar-refractivity contribution is 7.80. The van der Waals surface area contributed by atoms with Gasteiger partial charge in [0.25, 0.3) is 11.6 Å². The first-order valence-corrected chi connectivity index (χ1v) is 10.6. The van der Waals surface area contributed by atoms with Crippen LogP contribution < -0.4 is 10.6 Å². The Kier molecular flexibility index (Phi) is 7.50. The molecule has 2 fully saturated rings. The Morgan fingerprint density at radius 2 is 1.90 bits per heavy atom. The molecule has 1 aromatic rings. The average molecular weight is 449 g/mol. The van der Waals surface area contributed by atoms with Crippen LogP contribution >= 0.6 is 12.2 Å². The number of nitrogens with zero attached hydrogens (tertiary/aromatic N) is 2. The lowest BCUT2D eigenvalue weighted by Crippen LogP contribution is -2.60. The van der Waals surface area contributed by atoms with Crippen molar-refractivity contribution in [1.29, 1.82) is 0 Å². The van der Waals surface area contributed by atoms with Gasteiger partial charge < -0.3 is 15.0 Å². The highest BCUT2D eigenvalue weighted by atomic mass is 32.1. The van der Waals surface area contributed by atoms with Gasteiger partial charge in [-0.3, -0.25) is 29.8 Å². The fourth-order valence-electron chi connectivity index (χ4n) is 3.71. The number of nitrogens with one attached hydrogen (secondary N) is 2. The van der Waals surface area contributed by atoms with Crippen molar-refractivity contribution in [2.24, 2.45) is 0 Å². The minimum absolute atomic E-state index is 0.00803. The quantitative estimate of drug-likeness (QED) is 0.301. The molecule has 1 aromatic carbocycles. The number of benzene rings is 1. The van der Waals surface area contributed by atoms with Crippen LogP contribution in [0.25, 0.3) is 0 Å². The number of hydrogen-bond acceptors (Lipinski definition) is 7. The summed E-state index contributed by atoms with van der Waals surface area (Å²) < 4.78 is 5.52. The highest BCUT2D eigenvalue weighted by Crippen LogP contribution is 2.21. The summed E-state index contributed by atoms with van der Waals surface area (Å²) in [4.78, 5) is 49.0. The van der Waals surface area contributed by atoms with Crippen LogP contribution in [0, 0.1) is 10.1 Å². The molecular formula is C20H24N4O6S. The maximum absolute atomic E-state index is 12.5. The van der Waals surface area contributed by atoms with E-state index in [1.165, 1.54) is 29.2 Å². The molecule has 2 N–H and O–H groups in total. The van der Waals surface area contributed by atoms with E-state index in [0.29, 0.717) is 13.1 Å². The van der Waals surface area contributed by atoms with Crippen LogP contribution in [-0.4, -0.2) is 58.0 Å².